The van der Waals surface area contributed by atoms with Crippen molar-refractivity contribution in [2.45, 2.75) is 39.7 Å². The Labute approximate surface area is 215 Å². The van der Waals surface area contributed by atoms with Crippen molar-refractivity contribution in [2.75, 3.05) is 6.61 Å². The number of hydrogen-bond acceptors (Lipinski definition) is 4. The second kappa shape index (κ2) is 11.1. The molecule has 0 unspecified atom stereocenters. The molecule has 0 fully saturated rings. The summed E-state index contributed by atoms with van der Waals surface area (Å²) < 4.78 is 7.97. The number of nitrogens with two attached hydrogens (primary N) is 1. The summed E-state index contributed by atoms with van der Waals surface area (Å²) in [4.78, 5) is 32.7. The van der Waals surface area contributed by atoms with Gasteiger partial charge in [-0.05, 0) is 67.0 Å². The van der Waals surface area contributed by atoms with Crippen LogP contribution in [0.2, 0.25) is 0 Å². The van der Waals surface area contributed by atoms with E-state index in [9.17, 15) is 14.7 Å². The third-order valence-electron chi connectivity index (χ3n) is 6.76. The fourth-order valence-corrected chi connectivity index (χ4v) is 5.33. The number of Topliss-reactive ketones (excluding diaryl/α,β-unsaturated/α-hetero) is 1. The second-order valence-corrected chi connectivity index (χ2v) is 9.03. The van der Waals surface area contributed by atoms with Crippen LogP contribution in [-0.4, -0.2) is 34.4 Å². The van der Waals surface area contributed by atoms with Crippen LogP contribution < -0.4 is 10.5 Å². The first kappa shape index (κ1) is 25.7. The number of carbonyl (C=O) groups excluding carboxylic acids is 2. The molecule has 1 heterocycles. The molecule has 1 amide bonds. The van der Waals surface area contributed by atoms with Crippen molar-refractivity contribution in [1.29, 1.82) is 0 Å². The van der Waals surface area contributed by atoms with Crippen LogP contribution >= 0.6 is 0 Å². The smallest absolute Gasteiger partial charge is 0.341 e. The third kappa shape index (κ3) is 5.11. The van der Waals surface area contributed by atoms with Gasteiger partial charge in [-0.15, -0.1) is 0 Å². The molecule has 0 radical (unpaired) electrons. The predicted octanol–water partition coefficient (Wildman–Crippen LogP) is 4.92. The van der Waals surface area contributed by atoms with Crippen LogP contribution in [0.5, 0.6) is 5.75 Å². The van der Waals surface area contributed by atoms with Crippen molar-refractivity contribution in [3.05, 3.63) is 88.6 Å². The van der Waals surface area contributed by atoms with Crippen LogP contribution in [0.4, 0.5) is 0 Å². The van der Waals surface area contributed by atoms with Gasteiger partial charge >= 0.3 is 5.97 Å². The summed E-state index contributed by atoms with van der Waals surface area (Å²) in [5, 5.41) is 9.95. The molecule has 3 N–H and O–H groups in total. The molecule has 0 spiro atoms. The van der Waals surface area contributed by atoms with E-state index in [1.807, 2.05) is 43.3 Å². The minimum absolute atomic E-state index is 0.0456. The van der Waals surface area contributed by atoms with Gasteiger partial charge in [0.25, 0.3) is 0 Å². The van der Waals surface area contributed by atoms with E-state index in [1.54, 1.807) is 6.92 Å². The van der Waals surface area contributed by atoms with Gasteiger partial charge in [-0.1, -0.05) is 54.6 Å². The molecule has 1 aromatic heterocycles. The molecule has 0 aliphatic heterocycles. The first-order chi connectivity index (χ1) is 17.9. The molecule has 7 nitrogen and oxygen atoms in total. The lowest BCUT2D eigenvalue weighted by atomic mass is 9.99. The monoisotopic (exact) mass is 498 g/mol. The van der Waals surface area contributed by atoms with Crippen LogP contribution in [0.15, 0.2) is 60.7 Å². The summed E-state index contributed by atoms with van der Waals surface area (Å²) in [6, 6.07) is 20.6. The number of carbonyl (C=O) groups is 3. The SMILES string of the molecule is CC(=O)c1c(C)n(Cc2ccccc2-c2ccccc2)c2c3c(cc(OCC(=O)O)c12)CCC3.NC=O. The highest BCUT2D eigenvalue weighted by Crippen LogP contribution is 2.42. The van der Waals surface area contributed by atoms with Gasteiger partial charge in [-0.2, -0.15) is 0 Å². The van der Waals surface area contributed by atoms with E-state index in [0.29, 0.717) is 17.9 Å². The molecule has 0 bridgehead atoms. The van der Waals surface area contributed by atoms with Crippen molar-refractivity contribution in [3.63, 3.8) is 0 Å². The molecule has 0 saturated carbocycles. The molecule has 37 heavy (non-hydrogen) atoms. The van der Waals surface area contributed by atoms with Gasteiger partial charge < -0.3 is 20.1 Å². The van der Waals surface area contributed by atoms with E-state index in [-0.39, 0.29) is 12.2 Å². The number of amides is 1. The average Bonchev–Trinajstić information content (AvgIpc) is 3.46. The number of hydrogen-bond donors (Lipinski definition) is 2. The van der Waals surface area contributed by atoms with Crippen molar-refractivity contribution in [1.82, 2.24) is 4.57 Å². The van der Waals surface area contributed by atoms with Gasteiger partial charge in [-0.3, -0.25) is 9.59 Å². The predicted molar refractivity (Wildman–Crippen MR) is 143 cm³/mol. The minimum Gasteiger partial charge on any atom is -0.481 e. The van der Waals surface area contributed by atoms with Gasteiger partial charge in [0, 0.05) is 17.8 Å². The maximum atomic E-state index is 12.8. The van der Waals surface area contributed by atoms with Crippen LogP contribution in [-0.2, 0) is 29.0 Å². The van der Waals surface area contributed by atoms with Gasteiger partial charge in [-0.25, -0.2) is 4.79 Å². The highest BCUT2D eigenvalue weighted by atomic mass is 16.5. The van der Waals surface area contributed by atoms with Crippen molar-refractivity contribution in [3.8, 4) is 16.9 Å². The minimum atomic E-state index is -1.04. The largest absolute Gasteiger partial charge is 0.481 e. The van der Waals surface area contributed by atoms with Gasteiger partial charge in [0.2, 0.25) is 6.41 Å². The molecule has 190 valence electrons. The molecule has 7 heteroatoms. The van der Waals surface area contributed by atoms with Crippen molar-refractivity contribution in [2.24, 2.45) is 5.73 Å². The van der Waals surface area contributed by atoms with Gasteiger partial charge in [0.05, 0.1) is 10.9 Å². The van der Waals surface area contributed by atoms with Gasteiger partial charge in [0.15, 0.2) is 12.4 Å². The number of aryl methyl sites for hydroxylation is 2. The topological polar surface area (TPSA) is 112 Å². The average molecular weight is 499 g/mol. The molecule has 1 aliphatic carbocycles. The Kier molecular flexibility index (Phi) is 7.72. The molecule has 5 rings (SSSR count). The Balaban J connectivity index is 0.00000102. The molecular formula is C30H30N2O5. The van der Waals surface area contributed by atoms with E-state index in [1.165, 1.54) is 11.1 Å². The molecule has 3 aromatic carbocycles. The summed E-state index contributed by atoms with van der Waals surface area (Å²) in [6.45, 7) is 3.71. The molecular weight excluding hydrogens is 468 g/mol. The van der Waals surface area contributed by atoms with Gasteiger partial charge in [0.1, 0.15) is 5.75 Å². The van der Waals surface area contributed by atoms with Crippen LogP contribution in [0.3, 0.4) is 0 Å². The fourth-order valence-electron chi connectivity index (χ4n) is 5.33. The summed E-state index contributed by atoms with van der Waals surface area (Å²) in [6.07, 6.45) is 3.15. The maximum Gasteiger partial charge on any atom is 0.341 e. The number of carboxylic acids is 1. The summed E-state index contributed by atoms with van der Waals surface area (Å²) in [5.74, 6) is -0.594. The third-order valence-corrected chi connectivity index (χ3v) is 6.76. The number of aliphatic carboxylic acids is 1. The van der Waals surface area contributed by atoms with Crippen molar-refractivity contribution >= 4 is 29.1 Å². The summed E-state index contributed by atoms with van der Waals surface area (Å²) >= 11 is 0. The lowest BCUT2D eigenvalue weighted by Gasteiger charge is -2.16. The van der Waals surface area contributed by atoms with Crippen molar-refractivity contribution < 1.29 is 24.2 Å². The standard InChI is InChI=1S/C29H27NO4.CH3NO/c1-18-27(19(2)31)28-25(34-17-26(32)33)15-21-12-8-14-24(21)29(28)30(18)16-22-11-6-7-13-23(22)20-9-4-3-5-10-20;2-1-3/h3-7,9-11,13,15H,8,12,14,16-17H2,1-2H3,(H,32,33);1H,(H2,2,3). The molecule has 0 atom stereocenters. The Morgan fingerprint density at radius 1 is 1.08 bits per heavy atom. The fraction of sp³-hybridized carbons (Fsp3) is 0.233. The maximum absolute atomic E-state index is 12.8. The molecule has 1 aliphatic rings. The second-order valence-electron chi connectivity index (χ2n) is 9.03. The number of nitrogens with zero attached hydrogens (tertiary/aromatic N) is 1. The number of rotatable bonds is 7. The zero-order valence-corrected chi connectivity index (χ0v) is 21.0. The van der Waals surface area contributed by atoms with Crippen LogP contribution in [0.1, 0.15) is 46.1 Å². The number of carboxylic acid groups (broad SMARTS) is 1. The molecule has 4 aromatic rings. The quantitative estimate of drug-likeness (QED) is 0.277. The number of fused-ring (bicyclic) bond motifs is 3. The Morgan fingerprint density at radius 3 is 2.43 bits per heavy atom. The highest BCUT2D eigenvalue weighted by molar-refractivity contribution is 6.12. The zero-order valence-electron chi connectivity index (χ0n) is 21.0. The zero-order chi connectivity index (χ0) is 26.5. The summed E-state index contributed by atoms with van der Waals surface area (Å²) in [5.41, 5.74) is 12.5. The summed E-state index contributed by atoms with van der Waals surface area (Å²) in [7, 11) is 0. The number of ether oxygens (including phenoxy) is 1. The Hall–Kier alpha value is -4.39. The normalized spacial score (nSPS) is 11.9. The van der Waals surface area contributed by atoms with E-state index in [4.69, 9.17) is 9.53 Å². The number of primary amides is 1. The first-order valence-electron chi connectivity index (χ1n) is 12.2. The van der Waals surface area contributed by atoms with E-state index < -0.39 is 12.6 Å². The lowest BCUT2D eigenvalue weighted by molar-refractivity contribution is -0.139. The van der Waals surface area contributed by atoms with Crippen LogP contribution in [0.25, 0.3) is 22.0 Å². The highest BCUT2D eigenvalue weighted by Gasteiger charge is 2.27. The van der Waals surface area contributed by atoms with E-state index in [0.717, 1.165) is 52.5 Å². The number of benzene rings is 3. The Morgan fingerprint density at radius 2 is 1.76 bits per heavy atom. The lowest BCUT2D eigenvalue weighted by Crippen LogP contribution is -2.10. The first-order valence-corrected chi connectivity index (χ1v) is 12.2. The number of ketones is 1. The molecule has 0 saturated heterocycles. The number of aromatic nitrogens is 1. The van der Waals surface area contributed by atoms with E-state index in [2.05, 4.69) is 34.6 Å². The van der Waals surface area contributed by atoms with E-state index >= 15 is 0 Å². The Bertz CT molecular complexity index is 1470. The van der Waals surface area contributed by atoms with Crippen LogP contribution in [0, 0.1) is 6.92 Å².